The molecule has 1 rings (SSSR count). The van der Waals surface area contributed by atoms with Crippen LogP contribution < -0.4 is 0 Å². The van der Waals surface area contributed by atoms with Crippen molar-refractivity contribution in [2.24, 2.45) is 0 Å². The van der Waals surface area contributed by atoms with Crippen LogP contribution in [0.4, 0.5) is 0 Å². The molecule has 0 bridgehead atoms. The molecule has 0 aliphatic heterocycles. The summed E-state index contributed by atoms with van der Waals surface area (Å²) in [7, 11) is 1.98. The lowest BCUT2D eigenvalue weighted by Gasteiger charge is -2.33. The molecule has 0 aliphatic rings. The lowest BCUT2D eigenvalue weighted by molar-refractivity contribution is 0.0734. The molecule has 1 heterocycles. The Balaban J connectivity index is 2.70. The molecule has 4 heteroatoms. The molecule has 0 radical (unpaired) electrons. The van der Waals surface area contributed by atoms with E-state index in [-0.39, 0.29) is 12.1 Å². The zero-order valence-electron chi connectivity index (χ0n) is 9.37. The first-order chi connectivity index (χ1) is 6.95. The van der Waals surface area contributed by atoms with Crippen LogP contribution in [0.15, 0.2) is 18.3 Å². The second-order valence-corrected chi connectivity index (χ2v) is 4.70. The van der Waals surface area contributed by atoms with Crippen molar-refractivity contribution in [1.29, 1.82) is 0 Å². The third kappa shape index (κ3) is 3.45. The van der Waals surface area contributed by atoms with Crippen molar-refractivity contribution >= 4 is 11.6 Å². The molecule has 3 nitrogen and oxygen atoms in total. The molecule has 0 saturated heterocycles. The highest BCUT2D eigenvalue weighted by Gasteiger charge is 2.22. The van der Waals surface area contributed by atoms with E-state index in [0.717, 1.165) is 12.1 Å². The zero-order chi connectivity index (χ0) is 11.5. The number of halogens is 1. The number of pyridine rings is 1. The summed E-state index contributed by atoms with van der Waals surface area (Å²) < 4.78 is 0. The molecular weight excluding hydrogens is 212 g/mol. The van der Waals surface area contributed by atoms with Crippen molar-refractivity contribution in [3.8, 4) is 0 Å². The van der Waals surface area contributed by atoms with Gasteiger partial charge in [-0.3, -0.25) is 4.90 Å². The number of likely N-dealkylation sites (N-methyl/N-ethyl adjacent to an activating group) is 1. The minimum absolute atomic E-state index is 0.127. The van der Waals surface area contributed by atoms with Gasteiger partial charge in [0.1, 0.15) is 5.15 Å². The highest BCUT2D eigenvalue weighted by molar-refractivity contribution is 6.29. The van der Waals surface area contributed by atoms with Crippen molar-refractivity contribution in [1.82, 2.24) is 9.88 Å². The van der Waals surface area contributed by atoms with E-state index in [4.69, 9.17) is 11.6 Å². The number of hydrogen-bond acceptors (Lipinski definition) is 3. The van der Waals surface area contributed by atoms with Gasteiger partial charge in [0, 0.05) is 18.3 Å². The maximum Gasteiger partial charge on any atom is 0.129 e. The Morgan fingerprint density at radius 2 is 2.20 bits per heavy atom. The van der Waals surface area contributed by atoms with Crippen molar-refractivity contribution in [2.75, 3.05) is 13.7 Å². The fourth-order valence-electron chi connectivity index (χ4n) is 1.15. The summed E-state index contributed by atoms with van der Waals surface area (Å²) in [6.07, 6.45) is 1.69. The lowest BCUT2D eigenvalue weighted by atomic mass is 10.0. The number of nitrogens with zero attached hydrogens (tertiary/aromatic N) is 2. The highest BCUT2D eigenvalue weighted by atomic mass is 35.5. The van der Waals surface area contributed by atoms with E-state index in [2.05, 4.69) is 9.88 Å². The standard InChI is InChI=1S/C11H17ClN2O/c1-11(2,8-15)14(3)7-9-4-5-13-10(12)6-9/h4-6,15H,7-8H2,1-3H3. The molecule has 0 spiro atoms. The molecule has 0 unspecified atom stereocenters. The van der Waals surface area contributed by atoms with Gasteiger partial charge in [0.05, 0.1) is 6.61 Å². The summed E-state index contributed by atoms with van der Waals surface area (Å²) >= 11 is 5.80. The molecule has 0 aliphatic carbocycles. The Bertz CT molecular complexity index is 328. The molecule has 84 valence electrons. The molecule has 1 N–H and O–H groups in total. The number of aliphatic hydroxyl groups excluding tert-OH is 1. The second-order valence-electron chi connectivity index (χ2n) is 4.31. The third-order valence-electron chi connectivity index (χ3n) is 2.63. The summed E-state index contributed by atoms with van der Waals surface area (Å²) in [5.41, 5.74) is 0.870. The number of rotatable bonds is 4. The average Bonchev–Trinajstić information content (AvgIpc) is 2.17. The predicted octanol–water partition coefficient (Wildman–Crippen LogP) is 1.94. The third-order valence-corrected chi connectivity index (χ3v) is 2.84. The lowest BCUT2D eigenvalue weighted by Crippen LogP contribution is -2.43. The first-order valence-corrected chi connectivity index (χ1v) is 5.26. The monoisotopic (exact) mass is 228 g/mol. The molecule has 15 heavy (non-hydrogen) atoms. The maximum absolute atomic E-state index is 9.22. The van der Waals surface area contributed by atoms with Gasteiger partial charge in [0.15, 0.2) is 0 Å². The predicted molar refractivity (Wildman–Crippen MR) is 61.9 cm³/mol. The first kappa shape index (κ1) is 12.4. The normalized spacial score (nSPS) is 12.1. The fourth-order valence-corrected chi connectivity index (χ4v) is 1.35. The number of aromatic nitrogens is 1. The van der Waals surface area contributed by atoms with Gasteiger partial charge in [-0.15, -0.1) is 0 Å². The van der Waals surface area contributed by atoms with Gasteiger partial charge in [-0.25, -0.2) is 4.98 Å². The van der Waals surface area contributed by atoms with Crippen LogP contribution in [0.2, 0.25) is 5.15 Å². The van der Waals surface area contributed by atoms with Gasteiger partial charge in [-0.2, -0.15) is 0 Å². The Labute approximate surface area is 95.7 Å². The Hall–Kier alpha value is -0.640. The molecule has 0 saturated carbocycles. The van der Waals surface area contributed by atoms with Gasteiger partial charge < -0.3 is 5.11 Å². The molecule has 0 atom stereocenters. The molecule has 0 aromatic carbocycles. The van der Waals surface area contributed by atoms with E-state index in [1.54, 1.807) is 6.20 Å². The van der Waals surface area contributed by atoms with Crippen LogP contribution in [-0.2, 0) is 6.54 Å². The van der Waals surface area contributed by atoms with E-state index in [1.807, 2.05) is 33.0 Å². The maximum atomic E-state index is 9.22. The van der Waals surface area contributed by atoms with Gasteiger partial charge in [-0.05, 0) is 38.6 Å². The van der Waals surface area contributed by atoms with E-state index in [1.165, 1.54) is 0 Å². The largest absolute Gasteiger partial charge is 0.394 e. The number of aliphatic hydroxyl groups is 1. The van der Waals surface area contributed by atoms with Crippen LogP contribution in [0.3, 0.4) is 0 Å². The summed E-state index contributed by atoms with van der Waals surface area (Å²) in [6, 6.07) is 3.77. The van der Waals surface area contributed by atoms with Crippen molar-refractivity contribution < 1.29 is 5.11 Å². The van der Waals surface area contributed by atoms with Crippen LogP contribution in [0.25, 0.3) is 0 Å². The van der Waals surface area contributed by atoms with E-state index >= 15 is 0 Å². The van der Waals surface area contributed by atoms with Crippen molar-refractivity contribution in [3.05, 3.63) is 29.0 Å². The van der Waals surface area contributed by atoms with Crippen LogP contribution >= 0.6 is 11.6 Å². The van der Waals surface area contributed by atoms with Crippen LogP contribution in [0.5, 0.6) is 0 Å². The molecule has 1 aromatic heterocycles. The molecule has 0 fully saturated rings. The smallest absolute Gasteiger partial charge is 0.129 e. The fraction of sp³-hybridized carbons (Fsp3) is 0.545. The zero-order valence-corrected chi connectivity index (χ0v) is 10.1. The van der Waals surface area contributed by atoms with Gasteiger partial charge in [0.2, 0.25) is 0 Å². The van der Waals surface area contributed by atoms with Gasteiger partial charge in [-0.1, -0.05) is 11.6 Å². The minimum atomic E-state index is -0.226. The summed E-state index contributed by atoms with van der Waals surface area (Å²) in [5.74, 6) is 0. The Morgan fingerprint density at radius 3 is 2.73 bits per heavy atom. The van der Waals surface area contributed by atoms with Gasteiger partial charge >= 0.3 is 0 Å². The van der Waals surface area contributed by atoms with Gasteiger partial charge in [0.25, 0.3) is 0 Å². The van der Waals surface area contributed by atoms with E-state index < -0.39 is 0 Å². The van der Waals surface area contributed by atoms with Crippen LogP contribution in [0, 0.1) is 0 Å². The minimum Gasteiger partial charge on any atom is -0.394 e. The van der Waals surface area contributed by atoms with Crippen molar-refractivity contribution in [3.63, 3.8) is 0 Å². The van der Waals surface area contributed by atoms with Crippen molar-refractivity contribution in [2.45, 2.75) is 25.9 Å². The highest BCUT2D eigenvalue weighted by Crippen LogP contribution is 2.16. The molecular formula is C11H17ClN2O. The average molecular weight is 229 g/mol. The second kappa shape index (κ2) is 4.92. The van der Waals surface area contributed by atoms with Crippen LogP contribution in [0.1, 0.15) is 19.4 Å². The number of hydrogen-bond donors (Lipinski definition) is 1. The first-order valence-electron chi connectivity index (χ1n) is 4.88. The van der Waals surface area contributed by atoms with Crippen LogP contribution in [-0.4, -0.2) is 34.2 Å². The molecule has 1 aromatic rings. The van der Waals surface area contributed by atoms with E-state index in [9.17, 15) is 5.11 Å². The SMILES string of the molecule is CN(Cc1ccnc(Cl)c1)C(C)(C)CO. The quantitative estimate of drug-likeness (QED) is 0.801. The summed E-state index contributed by atoms with van der Waals surface area (Å²) in [6.45, 7) is 4.86. The van der Waals surface area contributed by atoms with E-state index in [0.29, 0.717) is 5.15 Å². The summed E-state index contributed by atoms with van der Waals surface area (Å²) in [5, 5.41) is 9.72. The Kier molecular flexibility index (Phi) is 4.08. The summed E-state index contributed by atoms with van der Waals surface area (Å²) in [4.78, 5) is 6.01. The topological polar surface area (TPSA) is 36.4 Å². The molecule has 0 amide bonds. The Morgan fingerprint density at radius 1 is 1.53 bits per heavy atom.